The number of H-pyrrole nitrogens is 1. The molecule has 3 N–H and O–H groups in total. The molecule has 5 rings (SSSR count). The minimum Gasteiger partial charge on any atom is -0.468 e. The zero-order chi connectivity index (χ0) is 21.0. The van der Waals surface area contributed by atoms with E-state index in [1.54, 1.807) is 13.0 Å². The van der Waals surface area contributed by atoms with Gasteiger partial charge in [-0.15, -0.1) is 0 Å². The van der Waals surface area contributed by atoms with Crippen molar-refractivity contribution in [1.29, 1.82) is 0 Å². The molecule has 3 aromatic rings. The lowest BCUT2D eigenvalue weighted by molar-refractivity contribution is -0.139. The van der Waals surface area contributed by atoms with Crippen LogP contribution in [-0.2, 0) is 15.5 Å². The Labute approximate surface area is 168 Å². The first-order chi connectivity index (χ1) is 14.3. The predicted molar refractivity (Wildman–Crippen MR) is 103 cm³/mol. The van der Waals surface area contributed by atoms with Crippen molar-refractivity contribution in [2.75, 3.05) is 11.9 Å². The highest BCUT2D eigenvalue weighted by Crippen LogP contribution is 2.42. The van der Waals surface area contributed by atoms with Crippen LogP contribution in [0.1, 0.15) is 12.5 Å². The van der Waals surface area contributed by atoms with Gasteiger partial charge in [-0.1, -0.05) is 6.07 Å². The lowest BCUT2D eigenvalue weighted by Gasteiger charge is -2.16. The third-order valence-electron chi connectivity index (χ3n) is 5.16. The molecule has 8 nitrogen and oxygen atoms in total. The Bertz CT molecular complexity index is 1250. The van der Waals surface area contributed by atoms with Crippen LogP contribution in [0.25, 0.3) is 22.3 Å². The van der Waals surface area contributed by atoms with Gasteiger partial charge in [0.25, 0.3) is 5.91 Å². The maximum atomic E-state index is 13.9. The topological polar surface area (TPSA) is 109 Å². The van der Waals surface area contributed by atoms with Crippen LogP contribution in [0.2, 0.25) is 0 Å². The summed E-state index contributed by atoms with van der Waals surface area (Å²) in [6, 6.07) is 5.86. The molecule has 0 fully saturated rings. The summed E-state index contributed by atoms with van der Waals surface area (Å²) in [7, 11) is 0. The molecule has 2 aliphatic rings. The highest BCUT2D eigenvalue weighted by Gasteiger charge is 2.48. The Kier molecular flexibility index (Phi) is 3.85. The van der Waals surface area contributed by atoms with Crippen LogP contribution in [0.4, 0.5) is 14.5 Å². The number of carbonyl (C=O) groups excluding carboxylic acids is 2. The number of alkyl halides is 2. The second-order valence-corrected chi connectivity index (χ2v) is 7.10. The number of hydrogen-bond acceptors (Lipinski definition) is 5. The van der Waals surface area contributed by atoms with E-state index < -0.39 is 17.9 Å². The molecule has 2 aromatic heterocycles. The average Bonchev–Trinajstić information content (AvgIpc) is 3.40. The standard InChI is InChI=1S/C20H15F2N5O3/c1-9(11-5-16(28)23-7-11)30-18-17-15(24-8-25-17)6-13(26-18)10-2-3-12-14(4-10)27-19(29)20(12,21)22/h2-6,8-9H,7H2,1H3,(H,23,28)(H,24,25)(H,27,29)/t9-/m1/s1. The van der Waals surface area contributed by atoms with E-state index in [2.05, 4.69) is 25.6 Å². The first-order valence-electron chi connectivity index (χ1n) is 9.16. The summed E-state index contributed by atoms with van der Waals surface area (Å²) in [6.45, 7) is 2.19. The van der Waals surface area contributed by atoms with Crippen LogP contribution < -0.4 is 15.4 Å². The number of imidazole rings is 1. The zero-order valence-corrected chi connectivity index (χ0v) is 15.6. The number of nitrogens with one attached hydrogen (secondary N) is 3. The molecule has 30 heavy (non-hydrogen) atoms. The van der Waals surface area contributed by atoms with Gasteiger partial charge < -0.3 is 20.4 Å². The first-order valence-corrected chi connectivity index (χ1v) is 9.16. The summed E-state index contributed by atoms with van der Waals surface area (Å²) < 4.78 is 33.8. The van der Waals surface area contributed by atoms with E-state index in [1.807, 2.05) is 0 Å². The number of nitrogens with zero attached hydrogens (tertiary/aromatic N) is 2. The fourth-order valence-corrected chi connectivity index (χ4v) is 3.51. The van der Waals surface area contributed by atoms with Gasteiger partial charge in [0.2, 0.25) is 11.8 Å². The number of ether oxygens (including phenoxy) is 1. The molecule has 0 saturated heterocycles. The molecular weight excluding hydrogens is 396 g/mol. The van der Waals surface area contributed by atoms with Crippen molar-refractivity contribution >= 4 is 28.5 Å². The fourth-order valence-electron chi connectivity index (χ4n) is 3.51. The number of benzene rings is 1. The van der Waals surface area contributed by atoms with Crippen LogP contribution in [0.3, 0.4) is 0 Å². The number of fused-ring (bicyclic) bond motifs is 2. The maximum Gasteiger partial charge on any atom is 0.352 e. The number of amides is 2. The van der Waals surface area contributed by atoms with Crippen LogP contribution >= 0.6 is 0 Å². The lowest BCUT2D eigenvalue weighted by Crippen LogP contribution is -2.23. The van der Waals surface area contributed by atoms with Crippen molar-refractivity contribution in [3.8, 4) is 17.1 Å². The Morgan fingerprint density at radius 2 is 2.07 bits per heavy atom. The number of anilines is 1. The highest BCUT2D eigenvalue weighted by molar-refractivity contribution is 6.04. The summed E-state index contributed by atoms with van der Waals surface area (Å²) in [5.41, 5.74) is 2.59. The molecule has 1 aromatic carbocycles. The highest BCUT2D eigenvalue weighted by atomic mass is 19.3. The Balaban J connectivity index is 1.54. The van der Waals surface area contributed by atoms with E-state index in [9.17, 15) is 18.4 Å². The van der Waals surface area contributed by atoms with Gasteiger partial charge in [-0.25, -0.2) is 9.97 Å². The van der Waals surface area contributed by atoms with Gasteiger partial charge in [0, 0.05) is 18.2 Å². The number of carbonyl (C=O) groups is 2. The molecule has 152 valence electrons. The van der Waals surface area contributed by atoms with E-state index >= 15 is 0 Å². The number of halogens is 2. The molecule has 0 radical (unpaired) electrons. The molecule has 0 saturated carbocycles. The smallest absolute Gasteiger partial charge is 0.352 e. The molecular formula is C20H15F2N5O3. The molecule has 2 aliphatic heterocycles. The second kappa shape index (κ2) is 6.34. The summed E-state index contributed by atoms with van der Waals surface area (Å²) in [4.78, 5) is 34.7. The number of aromatic nitrogens is 3. The van der Waals surface area contributed by atoms with Gasteiger partial charge in [0.15, 0.2) is 5.52 Å². The lowest BCUT2D eigenvalue weighted by atomic mass is 10.0. The van der Waals surface area contributed by atoms with Crippen molar-refractivity contribution in [3.63, 3.8) is 0 Å². The van der Waals surface area contributed by atoms with Gasteiger partial charge >= 0.3 is 5.92 Å². The molecule has 4 heterocycles. The van der Waals surface area contributed by atoms with Crippen molar-refractivity contribution < 1.29 is 23.1 Å². The van der Waals surface area contributed by atoms with E-state index in [0.29, 0.717) is 28.8 Å². The average molecular weight is 411 g/mol. The molecule has 0 spiro atoms. The number of hydrogen-bond donors (Lipinski definition) is 3. The SMILES string of the molecule is C[C@@H](Oc1nc(-c2ccc3c(c2)NC(=O)C3(F)F)cc2[nH]cnc12)C1=CC(=O)NC1. The van der Waals surface area contributed by atoms with Crippen molar-refractivity contribution in [1.82, 2.24) is 20.3 Å². The summed E-state index contributed by atoms with van der Waals surface area (Å²) >= 11 is 0. The minimum atomic E-state index is -3.56. The third kappa shape index (κ3) is 2.79. The maximum absolute atomic E-state index is 13.9. The molecule has 2 amide bonds. The summed E-state index contributed by atoms with van der Waals surface area (Å²) in [6.07, 6.45) is 2.56. The number of aromatic amines is 1. The molecule has 0 bridgehead atoms. The minimum absolute atomic E-state index is 0.0468. The van der Waals surface area contributed by atoms with E-state index in [1.165, 1.54) is 30.6 Å². The number of rotatable bonds is 4. The molecule has 10 heteroatoms. The Morgan fingerprint density at radius 3 is 2.83 bits per heavy atom. The Morgan fingerprint density at radius 1 is 1.23 bits per heavy atom. The molecule has 0 aliphatic carbocycles. The largest absolute Gasteiger partial charge is 0.468 e. The summed E-state index contributed by atoms with van der Waals surface area (Å²) in [5.74, 6) is -4.84. The zero-order valence-electron chi connectivity index (χ0n) is 15.6. The van der Waals surface area contributed by atoms with Crippen LogP contribution in [0.15, 0.2) is 42.2 Å². The van der Waals surface area contributed by atoms with Gasteiger partial charge in [-0.05, 0) is 30.7 Å². The second-order valence-electron chi connectivity index (χ2n) is 7.10. The fraction of sp³-hybridized carbons (Fsp3) is 0.200. The van der Waals surface area contributed by atoms with E-state index in [-0.39, 0.29) is 23.0 Å². The van der Waals surface area contributed by atoms with Crippen LogP contribution in [0.5, 0.6) is 5.88 Å². The van der Waals surface area contributed by atoms with Crippen molar-refractivity contribution in [2.24, 2.45) is 0 Å². The number of pyridine rings is 1. The Hall–Kier alpha value is -3.82. The van der Waals surface area contributed by atoms with Crippen LogP contribution in [-0.4, -0.2) is 39.4 Å². The van der Waals surface area contributed by atoms with Gasteiger partial charge in [-0.3, -0.25) is 9.59 Å². The quantitative estimate of drug-likeness (QED) is 0.611. The first kappa shape index (κ1) is 18.2. The monoisotopic (exact) mass is 411 g/mol. The predicted octanol–water partition coefficient (Wildman–Crippen LogP) is 2.49. The normalized spacial score (nSPS) is 18.0. The van der Waals surface area contributed by atoms with E-state index in [4.69, 9.17) is 4.74 Å². The van der Waals surface area contributed by atoms with Gasteiger partial charge in [0.05, 0.1) is 28.8 Å². The van der Waals surface area contributed by atoms with E-state index in [0.717, 1.165) is 5.57 Å². The van der Waals surface area contributed by atoms with Gasteiger partial charge in [0.1, 0.15) is 6.10 Å². The summed E-state index contributed by atoms with van der Waals surface area (Å²) in [5, 5.41) is 4.89. The van der Waals surface area contributed by atoms with Crippen molar-refractivity contribution in [3.05, 3.63) is 47.8 Å². The van der Waals surface area contributed by atoms with Crippen molar-refractivity contribution in [2.45, 2.75) is 19.0 Å². The molecule has 0 unspecified atom stereocenters. The van der Waals surface area contributed by atoms with Crippen LogP contribution in [0, 0.1) is 0 Å². The van der Waals surface area contributed by atoms with Gasteiger partial charge in [-0.2, -0.15) is 8.78 Å². The molecule has 1 atom stereocenters. The third-order valence-corrected chi connectivity index (χ3v) is 5.16.